The minimum Gasteiger partial charge on any atom is -0.497 e. The molecular weight excluding hydrogens is 535 g/mol. The topological polar surface area (TPSA) is 29.5 Å². The lowest BCUT2D eigenvalue weighted by Crippen LogP contribution is -2.50. The molecule has 208 valence electrons. The Morgan fingerprint density at radius 3 is 2.00 bits per heavy atom. The van der Waals surface area contributed by atoms with Crippen molar-refractivity contribution in [3.8, 4) is 5.75 Å². The third-order valence-electron chi connectivity index (χ3n) is 7.46. The summed E-state index contributed by atoms with van der Waals surface area (Å²) in [4.78, 5) is 15.8. The van der Waals surface area contributed by atoms with Gasteiger partial charge in [-0.3, -0.25) is 4.79 Å². The van der Waals surface area contributed by atoms with Crippen LogP contribution >= 0.6 is 11.8 Å². The number of hydrogen-bond donors (Lipinski definition) is 0. The van der Waals surface area contributed by atoms with E-state index in [4.69, 9.17) is 4.74 Å². The van der Waals surface area contributed by atoms with Crippen molar-refractivity contribution < 1.29 is 40.3 Å². The molecule has 38 heavy (non-hydrogen) atoms. The zero-order valence-electron chi connectivity index (χ0n) is 20.7. The van der Waals surface area contributed by atoms with Gasteiger partial charge in [0.15, 0.2) is 0 Å². The number of rotatable bonds is 6. The van der Waals surface area contributed by atoms with E-state index in [0.717, 1.165) is 49.1 Å². The second kappa shape index (κ2) is 10.6. The third kappa shape index (κ3) is 5.35. The molecule has 0 bridgehead atoms. The zero-order valence-corrected chi connectivity index (χ0v) is 21.5. The Labute approximate surface area is 220 Å². The summed E-state index contributed by atoms with van der Waals surface area (Å²) in [7, 11) is 1.52. The van der Waals surface area contributed by atoms with Crippen LogP contribution in [0.25, 0.3) is 0 Å². The predicted molar refractivity (Wildman–Crippen MR) is 130 cm³/mol. The lowest BCUT2D eigenvalue weighted by molar-refractivity contribution is -0.348. The van der Waals surface area contributed by atoms with Crippen molar-refractivity contribution in [3.05, 3.63) is 59.7 Å². The van der Waals surface area contributed by atoms with E-state index in [1.165, 1.54) is 18.9 Å². The van der Waals surface area contributed by atoms with Gasteiger partial charge < -0.3 is 9.64 Å². The van der Waals surface area contributed by atoms with Crippen molar-refractivity contribution in [1.82, 2.24) is 4.90 Å². The van der Waals surface area contributed by atoms with Crippen molar-refractivity contribution in [1.29, 1.82) is 0 Å². The van der Waals surface area contributed by atoms with Gasteiger partial charge in [-0.15, -0.1) is 11.8 Å². The fraction of sp³-hybridized carbons (Fsp3) is 0.519. The zero-order chi connectivity index (χ0) is 27.8. The van der Waals surface area contributed by atoms with E-state index in [9.17, 15) is 35.5 Å². The summed E-state index contributed by atoms with van der Waals surface area (Å²) in [6.07, 6.45) is -7.30. The van der Waals surface area contributed by atoms with Crippen LogP contribution in [0, 0.1) is 5.92 Å². The first kappa shape index (κ1) is 28.6. The molecule has 2 fully saturated rings. The van der Waals surface area contributed by atoms with Crippen LogP contribution in [0.5, 0.6) is 5.75 Å². The number of nitrogens with zero attached hydrogens (tertiary/aromatic N) is 1. The summed E-state index contributed by atoms with van der Waals surface area (Å²) in [5, 5.41) is 0. The van der Waals surface area contributed by atoms with Gasteiger partial charge in [-0.1, -0.05) is 43.5 Å². The molecule has 1 saturated heterocycles. The Bertz CT molecular complexity index is 1100. The number of likely N-dealkylation sites (tertiary alicyclic amines) is 1. The highest BCUT2D eigenvalue weighted by Crippen LogP contribution is 2.54. The maximum absolute atomic E-state index is 14.6. The van der Waals surface area contributed by atoms with Crippen molar-refractivity contribution in [3.63, 3.8) is 0 Å². The van der Waals surface area contributed by atoms with E-state index < -0.39 is 28.3 Å². The van der Waals surface area contributed by atoms with E-state index in [-0.39, 0.29) is 18.4 Å². The van der Waals surface area contributed by atoms with Crippen LogP contribution in [-0.4, -0.2) is 43.4 Å². The second-order valence-corrected chi connectivity index (χ2v) is 11.3. The maximum Gasteiger partial charge on any atom is 0.435 e. The number of thioether (sulfide) groups is 1. The van der Waals surface area contributed by atoms with Gasteiger partial charge in [-0.25, -0.2) is 4.39 Å². The van der Waals surface area contributed by atoms with E-state index in [0.29, 0.717) is 36.4 Å². The van der Waals surface area contributed by atoms with Crippen molar-refractivity contribution in [2.24, 2.45) is 5.92 Å². The Hall–Kier alpha value is -2.43. The molecule has 0 radical (unpaired) electrons. The Morgan fingerprint density at radius 2 is 1.47 bits per heavy atom. The van der Waals surface area contributed by atoms with E-state index in [1.807, 2.05) is 0 Å². The van der Waals surface area contributed by atoms with E-state index in [2.05, 4.69) is 0 Å². The number of ether oxygens (including phenoxy) is 1. The summed E-state index contributed by atoms with van der Waals surface area (Å²) in [5.41, 5.74) is -6.60. The standard InChI is InChI=1S/C27H28F7NO2S/c1-37-21-11-13-22(14-12-21)38-24(15-16-35(17-24)23(36)18-5-3-2-4-6-18)19-7-9-20(10-8-19)25(28,26(29,30)31)27(32,33)34/h7-14,18H,2-6,15-17H2,1H3/t24-/m0/s1. The first-order valence-corrected chi connectivity index (χ1v) is 13.2. The molecule has 2 aromatic rings. The normalized spacial score (nSPS) is 21.5. The molecule has 0 spiro atoms. The monoisotopic (exact) mass is 563 g/mol. The maximum atomic E-state index is 14.6. The van der Waals surface area contributed by atoms with Gasteiger partial charge in [0.1, 0.15) is 5.75 Å². The number of carbonyl (C=O) groups is 1. The van der Waals surface area contributed by atoms with Crippen LogP contribution in [0.1, 0.15) is 49.7 Å². The quantitative estimate of drug-likeness (QED) is 0.336. The van der Waals surface area contributed by atoms with Gasteiger partial charge in [0.25, 0.3) is 0 Å². The molecule has 1 heterocycles. The van der Waals surface area contributed by atoms with Gasteiger partial charge in [0, 0.05) is 29.5 Å². The summed E-state index contributed by atoms with van der Waals surface area (Å²) in [6, 6.07) is 10.4. The van der Waals surface area contributed by atoms with Crippen LogP contribution in [0.15, 0.2) is 53.4 Å². The van der Waals surface area contributed by atoms with Gasteiger partial charge >= 0.3 is 18.0 Å². The molecule has 1 atom stereocenters. The summed E-state index contributed by atoms with van der Waals surface area (Å²) < 4.78 is 98.6. The molecular formula is C27H28F7NO2S. The molecule has 1 amide bonds. The first-order chi connectivity index (χ1) is 17.8. The van der Waals surface area contributed by atoms with Gasteiger partial charge in [-0.05, 0) is 49.1 Å². The van der Waals surface area contributed by atoms with Crippen molar-refractivity contribution in [2.75, 3.05) is 20.2 Å². The summed E-state index contributed by atoms with van der Waals surface area (Å²) >= 11 is 1.38. The summed E-state index contributed by atoms with van der Waals surface area (Å²) in [6.45, 7) is 0.635. The Balaban J connectivity index is 1.68. The molecule has 0 N–H and O–H groups in total. The van der Waals surface area contributed by atoms with Crippen LogP contribution in [-0.2, 0) is 15.2 Å². The fourth-order valence-electron chi connectivity index (χ4n) is 5.32. The van der Waals surface area contributed by atoms with E-state index >= 15 is 0 Å². The number of carbonyl (C=O) groups excluding carboxylic acids is 1. The van der Waals surface area contributed by atoms with Crippen LogP contribution < -0.4 is 4.74 Å². The minimum absolute atomic E-state index is 0.0236. The molecule has 0 aromatic heterocycles. The van der Waals surface area contributed by atoms with Crippen LogP contribution in [0.3, 0.4) is 0 Å². The number of benzene rings is 2. The highest BCUT2D eigenvalue weighted by Gasteiger charge is 2.73. The molecule has 1 aliphatic carbocycles. The van der Waals surface area contributed by atoms with Crippen LogP contribution in [0.2, 0.25) is 0 Å². The Kier molecular flexibility index (Phi) is 7.99. The molecule has 4 rings (SSSR count). The lowest BCUT2D eigenvalue weighted by Gasteiger charge is -2.33. The smallest absolute Gasteiger partial charge is 0.435 e. The van der Waals surface area contributed by atoms with E-state index in [1.54, 1.807) is 29.2 Å². The third-order valence-corrected chi connectivity index (χ3v) is 8.93. The first-order valence-electron chi connectivity index (χ1n) is 12.4. The average molecular weight is 564 g/mol. The molecule has 1 aliphatic heterocycles. The molecule has 0 unspecified atom stereocenters. The Morgan fingerprint density at radius 1 is 0.895 bits per heavy atom. The number of methoxy groups -OCH3 is 1. The molecule has 2 aromatic carbocycles. The van der Waals surface area contributed by atoms with Gasteiger partial charge in [0.05, 0.1) is 11.9 Å². The van der Waals surface area contributed by atoms with Gasteiger partial charge in [-0.2, -0.15) is 26.3 Å². The highest BCUT2D eigenvalue weighted by atomic mass is 32.2. The fourth-order valence-corrected chi connectivity index (χ4v) is 6.71. The highest BCUT2D eigenvalue weighted by molar-refractivity contribution is 8.00. The molecule has 2 aliphatic rings. The largest absolute Gasteiger partial charge is 0.497 e. The lowest BCUT2D eigenvalue weighted by atomic mass is 9.88. The molecule has 3 nitrogen and oxygen atoms in total. The SMILES string of the molecule is COc1ccc(S[C@@]2(c3ccc(C(F)(C(F)(F)F)C(F)(F)F)cc3)CCN(C(=O)C3CCCCC3)C2)cc1. The van der Waals surface area contributed by atoms with Crippen LogP contribution in [0.4, 0.5) is 30.7 Å². The number of alkyl halides is 7. The molecule has 1 saturated carbocycles. The van der Waals surface area contributed by atoms with Crippen molar-refractivity contribution >= 4 is 17.7 Å². The number of halogens is 7. The summed E-state index contributed by atoms with van der Waals surface area (Å²) in [5.74, 6) is 0.556. The number of hydrogen-bond acceptors (Lipinski definition) is 3. The average Bonchev–Trinajstić information content (AvgIpc) is 3.32. The number of amides is 1. The van der Waals surface area contributed by atoms with Gasteiger partial charge in [0.2, 0.25) is 5.91 Å². The second-order valence-electron chi connectivity index (χ2n) is 9.85. The molecule has 11 heteroatoms. The van der Waals surface area contributed by atoms with Crippen molar-refractivity contribution in [2.45, 2.75) is 66.2 Å². The predicted octanol–water partition coefficient (Wildman–Crippen LogP) is 7.78. The minimum atomic E-state index is -6.18.